The molecule has 0 fully saturated rings. The highest BCUT2D eigenvalue weighted by molar-refractivity contribution is 7.85. The van der Waals surface area contributed by atoms with Crippen molar-refractivity contribution in [3.63, 3.8) is 0 Å². The molecule has 0 saturated carbocycles. The Morgan fingerprint density at radius 1 is 1.29 bits per heavy atom. The fraction of sp³-hybridized carbons (Fsp3) is 0.467. The predicted octanol–water partition coefficient (Wildman–Crippen LogP) is 2.67. The predicted molar refractivity (Wildman–Crippen MR) is 82.6 cm³/mol. The zero-order valence-electron chi connectivity index (χ0n) is 12.6. The molecule has 1 aromatic rings. The molecule has 0 aliphatic heterocycles. The van der Waals surface area contributed by atoms with Crippen molar-refractivity contribution in [3.05, 3.63) is 41.5 Å². The first-order valence-electron chi connectivity index (χ1n) is 6.59. The summed E-state index contributed by atoms with van der Waals surface area (Å²) < 4.78 is 40.2. The van der Waals surface area contributed by atoms with Crippen LogP contribution in [0.4, 0.5) is 0 Å². The zero-order valence-corrected chi connectivity index (χ0v) is 13.4. The van der Waals surface area contributed by atoms with Crippen molar-refractivity contribution in [2.24, 2.45) is 0 Å². The molecule has 0 unspecified atom stereocenters. The zero-order chi connectivity index (χ0) is 15.9. The lowest BCUT2D eigenvalue weighted by atomic mass is 10.1. The average molecular weight is 314 g/mol. The van der Waals surface area contributed by atoms with Crippen LogP contribution in [0.15, 0.2) is 30.3 Å². The smallest absolute Gasteiger partial charge is 0.289 e. The molecular weight excluding hydrogens is 292 g/mol. The van der Waals surface area contributed by atoms with Crippen LogP contribution in [-0.4, -0.2) is 37.7 Å². The lowest BCUT2D eigenvalue weighted by Crippen LogP contribution is -2.31. The fourth-order valence-electron chi connectivity index (χ4n) is 1.66. The van der Waals surface area contributed by atoms with Gasteiger partial charge in [-0.2, -0.15) is 8.42 Å². The summed E-state index contributed by atoms with van der Waals surface area (Å²) >= 11 is 0. The van der Waals surface area contributed by atoms with E-state index in [1.165, 1.54) is 5.56 Å². The van der Waals surface area contributed by atoms with Crippen LogP contribution in [-0.2, 0) is 19.6 Å². The average Bonchev–Trinajstić information content (AvgIpc) is 2.34. The normalized spacial score (nSPS) is 13.0. The Kier molecular flexibility index (Phi) is 6.54. The van der Waals surface area contributed by atoms with Gasteiger partial charge in [0.15, 0.2) is 5.94 Å². The van der Waals surface area contributed by atoms with Crippen LogP contribution in [0.2, 0.25) is 0 Å². The molecule has 21 heavy (non-hydrogen) atoms. The number of hydrogen-bond acceptors (Lipinski definition) is 4. The molecule has 0 heterocycles. The molecule has 0 aliphatic carbocycles. The van der Waals surface area contributed by atoms with Crippen molar-refractivity contribution >= 4 is 16.2 Å². The quantitative estimate of drug-likeness (QED) is 0.747. The summed E-state index contributed by atoms with van der Waals surface area (Å²) in [6.45, 7) is 6.08. The highest BCUT2D eigenvalue weighted by atomic mass is 32.2. The molecule has 1 aromatic carbocycles. The van der Waals surface area contributed by atoms with E-state index in [9.17, 15) is 8.42 Å². The molecule has 0 spiro atoms. The van der Waals surface area contributed by atoms with Gasteiger partial charge in [0.1, 0.15) is 0 Å². The SMILES string of the molecule is Cc1ccccc1/C=C/COC(C)(C)COCS(=O)(=O)O. The molecule has 0 bridgehead atoms. The monoisotopic (exact) mass is 314 g/mol. The Labute approximate surface area is 126 Å². The van der Waals surface area contributed by atoms with Gasteiger partial charge in [-0.1, -0.05) is 36.4 Å². The topological polar surface area (TPSA) is 72.8 Å². The van der Waals surface area contributed by atoms with Gasteiger partial charge < -0.3 is 9.47 Å². The number of aryl methyl sites for hydroxylation is 1. The Morgan fingerprint density at radius 2 is 1.95 bits per heavy atom. The second kappa shape index (κ2) is 7.70. The highest BCUT2D eigenvalue weighted by Gasteiger charge is 2.19. The Hall–Kier alpha value is -1.21. The third-order valence-corrected chi connectivity index (χ3v) is 3.20. The number of hydrogen-bond donors (Lipinski definition) is 1. The summed E-state index contributed by atoms with van der Waals surface area (Å²) in [5, 5.41) is 0. The first kappa shape index (κ1) is 17.8. The molecular formula is C15H22O5S. The number of ether oxygens (including phenoxy) is 2. The van der Waals surface area contributed by atoms with Gasteiger partial charge in [-0.15, -0.1) is 0 Å². The van der Waals surface area contributed by atoms with E-state index < -0.39 is 21.7 Å². The van der Waals surface area contributed by atoms with Crippen molar-refractivity contribution in [1.29, 1.82) is 0 Å². The molecule has 118 valence electrons. The summed E-state index contributed by atoms with van der Waals surface area (Å²) in [6, 6.07) is 8.01. The minimum Gasteiger partial charge on any atom is -0.369 e. The van der Waals surface area contributed by atoms with Crippen LogP contribution in [0.5, 0.6) is 0 Å². The molecule has 0 aromatic heterocycles. The molecule has 1 N–H and O–H groups in total. The Balaban J connectivity index is 2.38. The maximum absolute atomic E-state index is 10.5. The van der Waals surface area contributed by atoms with E-state index in [0.29, 0.717) is 6.61 Å². The summed E-state index contributed by atoms with van der Waals surface area (Å²) in [4.78, 5) is 0. The van der Waals surface area contributed by atoms with E-state index in [0.717, 1.165) is 5.56 Å². The van der Waals surface area contributed by atoms with Crippen molar-refractivity contribution in [3.8, 4) is 0 Å². The summed E-state index contributed by atoms with van der Waals surface area (Å²) in [5.41, 5.74) is 1.67. The molecule has 5 nitrogen and oxygen atoms in total. The van der Waals surface area contributed by atoms with Gasteiger partial charge >= 0.3 is 0 Å². The van der Waals surface area contributed by atoms with Gasteiger partial charge in [0.05, 0.1) is 18.8 Å². The van der Waals surface area contributed by atoms with Crippen molar-refractivity contribution in [1.82, 2.24) is 0 Å². The van der Waals surface area contributed by atoms with E-state index in [1.54, 1.807) is 13.8 Å². The Bertz CT molecular complexity index is 575. The standard InChI is InChI=1S/C15H22O5S/c1-13-7-4-5-8-14(13)9-6-10-20-15(2,3)11-19-12-21(16,17)18/h4-9H,10-12H2,1-3H3,(H,16,17,18)/b9-6+. The van der Waals surface area contributed by atoms with Crippen molar-refractivity contribution in [2.45, 2.75) is 26.4 Å². The fourth-order valence-corrected chi connectivity index (χ4v) is 1.95. The molecule has 0 saturated heterocycles. The largest absolute Gasteiger partial charge is 0.369 e. The van der Waals surface area contributed by atoms with E-state index in [2.05, 4.69) is 0 Å². The summed E-state index contributed by atoms with van der Waals surface area (Å²) in [6.07, 6.45) is 3.87. The molecule has 0 amide bonds. The van der Waals surface area contributed by atoms with Crippen LogP contribution in [0.25, 0.3) is 6.08 Å². The molecule has 0 aliphatic rings. The third-order valence-electron chi connectivity index (χ3n) is 2.74. The van der Waals surface area contributed by atoms with Gasteiger partial charge in [0.2, 0.25) is 0 Å². The van der Waals surface area contributed by atoms with E-state index in [1.807, 2.05) is 43.3 Å². The molecule has 0 atom stereocenters. The molecule has 0 radical (unpaired) electrons. The van der Waals surface area contributed by atoms with E-state index in [-0.39, 0.29) is 6.61 Å². The highest BCUT2D eigenvalue weighted by Crippen LogP contribution is 2.12. The van der Waals surface area contributed by atoms with Crippen LogP contribution in [0.1, 0.15) is 25.0 Å². The first-order valence-corrected chi connectivity index (χ1v) is 8.20. The van der Waals surface area contributed by atoms with E-state index >= 15 is 0 Å². The van der Waals surface area contributed by atoms with Crippen LogP contribution < -0.4 is 0 Å². The van der Waals surface area contributed by atoms with E-state index in [4.69, 9.17) is 14.0 Å². The van der Waals surface area contributed by atoms with Crippen LogP contribution >= 0.6 is 0 Å². The molecule has 6 heteroatoms. The van der Waals surface area contributed by atoms with Crippen LogP contribution in [0.3, 0.4) is 0 Å². The van der Waals surface area contributed by atoms with Gasteiger partial charge in [-0.3, -0.25) is 4.55 Å². The summed E-state index contributed by atoms with van der Waals surface area (Å²) in [7, 11) is -4.10. The third kappa shape index (κ3) is 7.96. The van der Waals surface area contributed by atoms with Crippen LogP contribution in [0, 0.1) is 6.92 Å². The van der Waals surface area contributed by atoms with Crippen molar-refractivity contribution < 1.29 is 22.4 Å². The van der Waals surface area contributed by atoms with Gasteiger partial charge in [0, 0.05) is 0 Å². The Morgan fingerprint density at radius 3 is 2.57 bits per heavy atom. The lowest BCUT2D eigenvalue weighted by molar-refractivity contribution is -0.0570. The first-order chi connectivity index (χ1) is 9.70. The number of benzene rings is 1. The maximum atomic E-state index is 10.5. The maximum Gasteiger partial charge on any atom is 0.289 e. The molecule has 1 rings (SSSR count). The minimum atomic E-state index is -4.10. The second-order valence-corrected chi connectivity index (χ2v) is 6.78. The second-order valence-electron chi connectivity index (χ2n) is 5.38. The van der Waals surface area contributed by atoms with Gasteiger partial charge in [0.25, 0.3) is 10.1 Å². The van der Waals surface area contributed by atoms with Gasteiger partial charge in [-0.05, 0) is 31.9 Å². The van der Waals surface area contributed by atoms with Gasteiger partial charge in [-0.25, -0.2) is 0 Å². The summed E-state index contributed by atoms with van der Waals surface area (Å²) in [5.74, 6) is -0.723. The van der Waals surface area contributed by atoms with Crippen molar-refractivity contribution in [2.75, 3.05) is 19.2 Å². The minimum absolute atomic E-state index is 0.0744. The number of rotatable bonds is 8. The lowest BCUT2D eigenvalue weighted by Gasteiger charge is -2.24.